The van der Waals surface area contributed by atoms with Gasteiger partial charge in [-0.25, -0.2) is 8.42 Å². The number of nitrogens with two attached hydrogens (primary N) is 1. The van der Waals surface area contributed by atoms with Gasteiger partial charge in [0.05, 0.1) is 21.3 Å². The Labute approximate surface area is 116 Å². The van der Waals surface area contributed by atoms with Crippen molar-refractivity contribution in [2.75, 3.05) is 17.1 Å². The zero-order valence-electron chi connectivity index (χ0n) is 10.1. The number of halogens is 1. The summed E-state index contributed by atoms with van der Waals surface area (Å²) in [6.07, 6.45) is 3.05. The monoisotopic (exact) mass is 297 g/mol. The Morgan fingerprint density at radius 3 is 2.42 bits per heavy atom. The largest absolute Gasteiger partial charge is 0.398 e. The zero-order chi connectivity index (χ0) is 14.0. The average Bonchev–Trinajstić information content (AvgIpc) is 2.41. The molecule has 5 nitrogen and oxygen atoms in total. The quantitative estimate of drug-likeness (QED) is 0.881. The Morgan fingerprint density at radius 1 is 1.21 bits per heavy atom. The molecule has 0 aliphatic heterocycles. The zero-order valence-corrected chi connectivity index (χ0v) is 11.7. The molecule has 0 saturated heterocycles. The molecule has 0 radical (unpaired) electrons. The number of nitrogens with zero attached hydrogens (tertiary/aromatic N) is 2. The number of nitrogen functional groups attached to an aromatic ring is 1. The first-order valence-corrected chi connectivity index (χ1v) is 7.18. The second-order valence-corrected chi connectivity index (χ2v) is 6.24. The van der Waals surface area contributed by atoms with Crippen LogP contribution in [0.5, 0.6) is 0 Å². The van der Waals surface area contributed by atoms with Crippen LogP contribution in [0, 0.1) is 0 Å². The lowest BCUT2D eigenvalue weighted by Crippen LogP contribution is -2.26. The number of pyridine rings is 1. The third-order valence-corrected chi connectivity index (χ3v) is 4.77. The highest BCUT2D eigenvalue weighted by molar-refractivity contribution is 7.92. The van der Waals surface area contributed by atoms with Crippen LogP contribution in [0.25, 0.3) is 0 Å². The maximum Gasteiger partial charge on any atom is 0.264 e. The molecule has 0 aliphatic rings. The van der Waals surface area contributed by atoms with Crippen LogP contribution in [0.1, 0.15) is 0 Å². The Hall–Kier alpha value is -1.79. The van der Waals surface area contributed by atoms with E-state index < -0.39 is 10.0 Å². The maximum atomic E-state index is 12.4. The van der Waals surface area contributed by atoms with Crippen molar-refractivity contribution in [2.45, 2.75) is 4.90 Å². The van der Waals surface area contributed by atoms with Crippen LogP contribution in [0.15, 0.2) is 47.6 Å². The third kappa shape index (κ3) is 2.64. The molecular weight excluding hydrogens is 286 g/mol. The van der Waals surface area contributed by atoms with Crippen LogP contribution in [0.4, 0.5) is 11.4 Å². The number of rotatable bonds is 3. The van der Waals surface area contributed by atoms with Crippen LogP contribution in [0.2, 0.25) is 5.02 Å². The molecule has 0 amide bonds. The lowest BCUT2D eigenvalue weighted by atomic mass is 10.3. The minimum Gasteiger partial charge on any atom is -0.398 e. The van der Waals surface area contributed by atoms with E-state index in [-0.39, 0.29) is 9.92 Å². The summed E-state index contributed by atoms with van der Waals surface area (Å²) in [4.78, 5) is 3.94. The van der Waals surface area contributed by atoms with Gasteiger partial charge in [0.15, 0.2) is 0 Å². The van der Waals surface area contributed by atoms with E-state index in [9.17, 15) is 8.42 Å². The fraction of sp³-hybridized carbons (Fsp3) is 0.0833. The summed E-state index contributed by atoms with van der Waals surface area (Å²) in [5.41, 5.74) is 6.43. The molecule has 1 aromatic carbocycles. The van der Waals surface area contributed by atoms with Crippen LogP contribution < -0.4 is 10.0 Å². The van der Waals surface area contributed by atoms with Crippen molar-refractivity contribution in [3.63, 3.8) is 0 Å². The molecule has 2 aromatic rings. The minimum atomic E-state index is -3.67. The summed E-state index contributed by atoms with van der Waals surface area (Å²) in [6.45, 7) is 0. The molecule has 19 heavy (non-hydrogen) atoms. The van der Waals surface area contributed by atoms with E-state index in [1.807, 2.05) is 0 Å². The molecule has 0 bridgehead atoms. The van der Waals surface area contributed by atoms with Gasteiger partial charge in [-0.15, -0.1) is 0 Å². The average molecular weight is 298 g/mol. The van der Waals surface area contributed by atoms with Crippen LogP contribution >= 0.6 is 11.6 Å². The summed E-state index contributed by atoms with van der Waals surface area (Å²) in [7, 11) is -2.20. The normalized spacial score (nSPS) is 11.3. The van der Waals surface area contributed by atoms with Crippen molar-refractivity contribution in [2.24, 2.45) is 0 Å². The second kappa shape index (κ2) is 5.07. The lowest BCUT2D eigenvalue weighted by molar-refractivity contribution is 0.594. The Morgan fingerprint density at radius 2 is 1.84 bits per heavy atom. The van der Waals surface area contributed by atoms with Gasteiger partial charge in [0.2, 0.25) is 0 Å². The number of hydrogen-bond donors (Lipinski definition) is 1. The van der Waals surface area contributed by atoms with E-state index in [1.54, 1.807) is 12.1 Å². The Bertz CT molecular complexity index is 689. The highest BCUT2D eigenvalue weighted by Crippen LogP contribution is 2.26. The predicted molar refractivity (Wildman–Crippen MR) is 75.7 cm³/mol. The summed E-state index contributed by atoms with van der Waals surface area (Å²) in [5.74, 6) is 0. The molecule has 0 aliphatic carbocycles. The third-order valence-electron chi connectivity index (χ3n) is 2.66. The van der Waals surface area contributed by atoms with Crippen molar-refractivity contribution < 1.29 is 8.42 Å². The highest BCUT2D eigenvalue weighted by atomic mass is 35.5. The molecule has 0 fully saturated rings. The van der Waals surface area contributed by atoms with Crippen molar-refractivity contribution in [3.05, 3.63) is 47.7 Å². The Kier molecular flexibility index (Phi) is 3.64. The molecule has 2 N–H and O–H groups in total. The number of hydrogen-bond acceptors (Lipinski definition) is 4. The first kappa shape index (κ1) is 13.6. The smallest absolute Gasteiger partial charge is 0.264 e. The van der Waals surface area contributed by atoms with E-state index >= 15 is 0 Å². The van der Waals surface area contributed by atoms with Gasteiger partial charge >= 0.3 is 0 Å². The molecule has 0 atom stereocenters. The van der Waals surface area contributed by atoms with Crippen molar-refractivity contribution in [3.8, 4) is 0 Å². The fourth-order valence-corrected chi connectivity index (χ4v) is 2.99. The van der Waals surface area contributed by atoms with Crippen LogP contribution in [-0.4, -0.2) is 20.4 Å². The molecule has 1 aromatic heterocycles. The van der Waals surface area contributed by atoms with Gasteiger partial charge in [0, 0.05) is 19.4 Å². The fourth-order valence-electron chi connectivity index (χ4n) is 1.52. The van der Waals surface area contributed by atoms with Gasteiger partial charge < -0.3 is 5.73 Å². The van der Waals surface area contributed by atoms with Crippen molar-refractivity contribution in [1.29, 1.82) is 0 Å². The van der Waals surface area contributed by atoms with Gasteiger partial charge in [-0.2, -0.15) is 0 Å². The SMILES string of the molecule is CN(c1ccncc1)S(=O)(=O)c1ccc(N)c(Cl)c1. The molecule has 7 heteroatoms. The molecule has 0 saturated carbocycles. The summed E-state index contributed by atoms with van der Waals surface area (Å²) >= 11 is 5.85. The molecule has 2 rings (SSSR count). The number of sulfonamides is 1. The first-order valence-electron chi connectivity index (χ1n) is 5.37. The number of anilines is 2. The van der Waals surface area contributed by atoms with Crippen molar-refractivity contribution >= 4 is 33.0 Å². The summed E-state index contributed by atoms with van der Waals surface area (Å²) < 4.78 is 26.0. The molecule has 0 spiro atoms. The van der Waals surface area contributed by atoms with E-state index in [1.165, 1.54) is 37.6 Å². The van der Waals surface area contributed by atoms with E-state index in [4.69, 9.17) is 17.3 Å². The molecular formula is C12H12ClN3O2S. The lowest BCUT2D eigenvalue weighted by Gasteiger charge is -2.19. The minimum absolute atomic E-state index is 0.0889. The van der Waals surface area contributed by atoms with E-state index in [0.717, 1.165) is 4.31 Å². The molecule has 100 valence electrons. The maximum absolute atomic E-state index is 12.4. The second-order valence-electron chi connectivity index (χ2n) is 3.86. The first-order chi connectivity index (χ1) is 8.93. The van der Waals surface area contributed by atoms with E-state index in [0.29, 0.717) is 11.4 Å². The molecule has 1 heterocycles. The topological polar surface area (TPSA) is 76.3 Å². The van der Waals surface area contributed by atoms with Crippen LogP contribution in [-0.2, 0) is 10.0 Å². The highest BCUT2D eigenvalue weighted by Gasteiger charge is 2.21. The summed E-state index contributed by atoms with van der Waals surface area (Å²) in [5, 5.41) is 0.212. The van der Waals surface area contributed by atoms with Gasteiger partial charge in [-0.05, 0) is 30.3 Å². The predicted octanol–water partition coefficient (Wildman–Crippen LogP) is 2.14. The van der Waals surface area contributed by atoms with Crippen molar-refractivity contribution in [1.82, 2.24) is 4.98 Å². The van der Waals surface area contributed by atoms with Crippen LogP contribution in [0.3, 0.4) is 0 Å². The van der Waals surface area contributed by atoms with Gasteiger partial charge in [0.1, 0.15) is 0 Å². The Balaban J connectivity index is 2.45. The molecule has 0 unspecified atom stereocenters. The van der Waals surface area contributed by atoms with Gasteiger partial charge in [-0.1, -0.05) is 11.6 Å². The van der Waals surface area contributed by atoms with E-state index in [2.05, 4.69) is 4.98 Å². The van der Waals surface area contributed by atoms with Gasteiger partial charge in [0.25, 0.3) is 10.0 Å². The standard InChI is InChI=1S/C12H12ClN3O2S/c1-16(9-4-6-15-7-5-9)19(17,18)10-2-3-12(14)11(13)8-10/h2-8H,14H2,1H3. The number of aromatic nitrogens is 1. The number of benzene rings is 1. The summed E-state index contributed by atoms with van der Waals surface area (Å²) in [6, 6.07) is 7.45. The van der Waals surface area contributed by atoms with Gasteiger partial charge in [-0.3, -0.25) is 9.29 Å².